The second kappa shape index (κ2) is 11.5. The zero-order valence-electron chi connectivity index (χ0n) is 32.6. The van der Waals surface area contributed by atoms with Crippen LogP contribution in [0.4, 0.5) is 0 Å². The van der Waals surface area contributed by atoms with E-state index in [9.17, 15) is 10.5 Å². The van der Waals surface area contributed by atoms with E-state index in [2.05, 4.69) is 149 Å². The van der Waals surface area contributed by atoms with Crippen LogP contribution in [0.3, 0.4) is 0 Å². The zero-order chi connectivity index (χ0) is 39.1. The summed E-state index contributed by atoms with van der Waals surface area (Å²) in [7, 11) is 0. The minimum Gasteiger partial charge on any atom is -0.192 e. The zero-order valence-corrected chi connectivity index (χ0v) is 32.6. The van der Waals surface area contributed by atoms with E-state index in [1.54, 1.807) is 0 Å². The molecule has 2 aliphatic carbocycles. The van der Waals surface area contributed by atoms with Crippen molar-refractivity contribution in [2.75, 3.05) is 0 Å². The van der Waals surface area contributed by atoms with Crippen molar-refractivity contribution in [2.24, 2.45) is 0 Å². The third-order valence-corrected chi connectivity index (χ3v) is 13.2. The molecule has 0 unspecified atom stereocenters. The Morgan fingerprint density at radius 1 is 0.310 bits per heavy atom. The summed E-state index contributed by atoms with van der Waals surface area (Å²) in [4.78, 5) is 0. The predicted octanol–water partition coefficient (Wildman–Crippen LogP) is 15.1. The fourth-order valence-electron chi connectivity index (χ4n) is 10.9. The Balaban J connectivity index is 1.30. The highest BCUT2D eigenvalue weighted by molar-refractivity contribution is 6.29. The molecule has 0 aromatic heterocycles. The van der Waals surface area contributed by atoms with Crippen molar-refractivity contribution in [3.05, 3.63) is 167 Å². The average Bonchev–Trinajstić information content (AvgIpc) is 3.72. The maximum Gasteiger partial charge on any atom is 0.0991 e. The summed E-state index contributed by atoms with van der Waals surface area (Å²) in [5.74, 6) is 0. The molecule has 0 radical (unpaired) electrons. The minimum absolute atomic E-state index is 0.680. The first-order valence-electron chi connectivity index (χ1n) is 19.9. The number of fused-ring (bicyclic) bond motifs is 11. The van der Waals surface area contributed by atoms with Crippen molar-refractivity contribution >= 4 is 53.9 Å². The van der Waals surface area contributed by atoms with E-state index in [1.165, 1.54) is 121 Å². The third kappa shape index (κ3) is 4.24. The summed E-state index contributed by atoms with van der Waals surface area (Å²) in [5.41, 5.74) is 20.6. The molecule has 0 saturated heterocycles. The van der Waals surface area contributed by atoms with Gasteiger partial charge in [0.2, 0.25) is 0 Å². The van der Waals surface area contributed by atoms with E-state index in [0.29, 0.717) is 11.1 Å². The molecule has 0 heterocycles. The van der Waals surface area contributed by atoms with Gasteiger partial charge in [-0.15, -0.1) is 0 Å². The number of nitriles is 2. The van der Waals surface area contributed by atoms with Crippen LogP contribution in [0.1, 0.15) is 33.4 Å². The number of rotatable bonds is 2. The molecule has 0 saturated carbocycles. The van der Waals surface area contributed by atoms with E-state index in [4.69, 9.17) is 0 Å². The SMILES string of the molecule is Cc1cc(C#N)cc(C)c1-c1cc2c3cc4c(cc3c(-c3c(C)cc(C#N)cc3C)cc2c2cc3c(cc12)-c1cccc2cccc-3c12)-c1cccc2cccc-4c12. The van der Waals surface area contributed by atoms with Crippen LogP contribution in [-0.4, -0.2) is 0 Å². The molecule has 12 rings (SSSR count). The van der Waals surface area contributed by atoms with E-state index in [-0.39, 0.29) is 0 Å². The van der Waals surface area contributed by atoms with Gasteiger partial charge in [-0.3, -0.25) is 0 Å². The van der Waals surface area contributed by atoms with E-state index < -0.39 is 0 Å². The van der Waals surface area contributed by atoms with Crippen LogP contribution in [0.25, 0.3) is 121 Å². The molecule has 2 nitrogen and oxygen atoms in total. The quantitative estimate of drug-likeness (QED) is 0.166. The molecule has 2 heteroatoms. The summed E-state index contributed by atoms with van der Waals surface area (Å²) in [6, 6.07) is 54.2. The van der Waals surface area contributed by atoms with Crippen molar-refractivity contribution < 1.29 is 0 Å². The number of hydrogen-bond acceptors (Lipinski definition) is 2. The monoisotopic (exact) mass is 734 g/mol. The van der Waals surface area contributed by atoms with Crippen LogP contribution in [-0.2, 0) is 0 Å². The van der Waals surface area contributed by atoms with Crippen molar-refractivity contribution in [1.29, 1.82) is 10.5 Å². The summed E-state index contributed by atoms with van der Waals surface area (Å²) in [5, 5.41) is 32.3. The molecular weight excluding hydrogens is 701 g/mol. The van der Waals surface area contributed by atoms with E-state index in [0.717, 1.165) is 22.3 Å². The summed E-state index contributed by atoms with van der Waals surface area (Å²) in [6.07, 6.45) is 0. The predicted molar refractivity (Wildman–Crippen MR) is 242 cm³/mol. The fourth-order valence-corrected chi connectivity index (χ4v) is 10.9. The van der Waals surface area contributed by atoms with Crippen LogP contribution in [0.15, 0.2) is 133 Å². The maximum absolute atomic E-state index is 9.96. The Morgan fingerprint density at radius 2 is 0.586 bits per heavy atom. The average molecular weight is 735 g/mol. The van der Waals surface area contributed by atoms with Crippen LogP contribution in [0.5, 0.6) is 0 Å². The molecule has 0 bridgehead atoms. The number of hydrogen-bond donors (Lipinski definition) is 0. The summed E-state index contributed by atoms with van der Waals surface area (Å²) >= 11 is 0. The lowest BCUT2D eigenvalue weighted by Crippen LogP contribution is -1.96. The van der Waals surface area contributed by atoms with Crippen LogP contribution >= 0.6 is 0 Å². The van der Waals surface area contributed by atoms with Gasteiger partial charge in [-0.2, -0.15) is 10.5 Å². The molecule has 0 aliphatic heterocycles. The highest BCUT2D eigenvalue weighted by atomic mass is 14.3. The second-order valence-electron chi connectivity index (χ2n) is 16.4. The van der Waals surface area contributed by atoms with Gasteiger partial charge in [-0.05, 0) is 231 Å². The highest BCUT2D eigenvalue weighted by Gasteiger charge is 2.27. The Bertz CT molecular complexity index is 3380. The first-order chi connectivity index (χ1) is 28.3. The van der Waals surface area contributed by atoms with Crippen molar-refractivity contribution in [1.82, 2.24) is 0 Å². The highest BCUT2D eigenvalue weighted by Crippen LogP contribution is 2.54. The van der Waals surface area contributed by atoms with Gasteiger partial charge in [0.15, 0.2) is 0 Å². The van der Waals surface area contributed by atoms with Gasteiger partial charge >= 0.3 is 0 Å². The molecule has 268 valence electrons. The Morgan fingerprint density at radius 3 is 0.897 bits per heavy atom. The molecule has 10 aromatic rings. The van der Waals surface area contributed by atoms with Gasteiger partial charge < -0.3 is 0 Å². The lowest BCUT2D eigenvalue weighted by Gasteiger charge is -2.21. The van der Waals surface area contributed by atoms with Crippen molar-refractivity contribution in [3.63, 3.8) is 0 Å². The summed E-state index contributed by atoms with van der Waals surface area (Å²) in [6.45, 7) is 8.58. The van der Waals surface area contributed by atoms with Crippen molar-refractivity contribution in [3.8, 4) is 78.9 Å². The van der Waals surface area contributed by atoms with Gasteiger partial charge in [0.1, 0.15) is 0 Å². The summed E-state index contributed by atoms with van der Waals surface area (Å²) < 4.78 is 0. The number of nitrogens with zero attached hydrogens (tertiary/aromatic N) is 2. The smallest absolute Gasteiger partial charge is 0.0991 e. The maximum atomic E-state index is 9.96. The largest absolute Gasteiger partial charge is 0.192 e. The molecule has 0 spiro atoms. The molecule has 10 aromatic carbocycles. The van der Waals surface area contributed by atoms with Gasteiger partial charge in [-0.1, -0.05) is 72.8 Å². The Hall–Kier alpha value is -7.52. The molecule has 58 heavy (non-hydrogen) atoms. The number of aryl methyl sites for hydroxylation is 4. The topological polar surface area (TPSA) is 47.6 Å². The normalized spacial score (nSPS) is 12.1. The molecule has 2 aliphatic rings. The lowest BCUT2D eigenvalue weighted by atomic mass is 9.82. The second-order valence-corrected chi connectivity index (χ2v) is 16.4. The first kappa shape index (κ1) is 32.7. The number of benzene rings is 10. The molecule has 0 N–H and O–H groups in total. The first-order valence-corrected chi connectivity index (χ1v) is 19.9. The van der Waals surface area contributed by atoms with Gasteiger partial charge in [0, 0.05) is 0 Å². The Kier molecular flexibility index (Phi) is 6.49. The van der Waals surface area contributed by atoms with Crippen LogP contribution in [0.2, 0.25) is 0 Å². The molecule has 0 atom stereocenters. The van der Waals surface area contributed by atoms with Crippen LogP contribution in [0, 0.1) is 50.4 Å². The van der Waals surface area contributed by atoms with Gasteiger partial charge in [0.25, 0.3) is 0 Å². The van der Waals surface area contributed by atoms with Gasteiger partial charge in [0.05, 0.1) is 23.3 Å². The van der Waals surface area contributed by atoms with Crippen molar-refractivity contribution in [2.45, 2.75) is 27.7 Å². The van der Waals surface area contributed by atoms with Crippen LogP contribution < -0.4 is 0 Å². The Labute approximate surface area is 336 Å². The lowest BCUT2D eigenvalue weighted by molar-refractivity contribution is 1.35. The molecule has 0 fully saturated rings. The molecular formula is C56H34N2. The minimum atomic E-state index is 0.680. The molecule has 0 amide bonds. The van der Waals surface area contributed by atoms with E-state index in [1.807, 2.05) is 24.3 Å². The fraction of sp³-hybridized carbons (Fsp3) is 0.0714. The van der Waals surface area contributed by atoms with E-state index >= 15 is 0 Å². The third-order valence-electron chi connectivity index (χ3n) is 13.2. The standard InChI is InChI=1S/C56H34N2/c1-29-17-33(27-57)18-30(2)53(29)51-25-47-46-22-42-38-14-6-10-36-12-8-16-40(56(36)38)44(42)24-50(46)52(54-31(3)19-34(28-58)20-32(54)4)26-48(47)45-21-41-37-13-5-9-35-11-7-15-39(55(35)37)43(41)23-49(45)51/h5-26H,1-4H3. The van der Waals surface area contributed by atoms with Gasteiger partial charge in [-0.25, -0.2) is 0 Å².